The number of halogens is 2. The maximum absolute atomic E-state index is 7.97. The Morgan fingerprint density at radius 1 is 0.721 bits per heavy atom. The normalized spacial score (nSPS) is 16.5. The molecule has 5 aromatic rings. The van der Waals surface area contributed by atoms with E-state index in [1.54, 1.807) is 0 Å². The number of hydrogen-bond donors (Lipinski definition) is 0. The summed E-state index contributed by atoms with van der Waals surface area (Å²) in [6.07, 6.45) is 4.53. The quantitative estimate of drug-likeness (QED) is 0.147. The van der Waals surface area contributed by atoms with E-state index in [2.05, 4.69) is 136 Å². The molecule has 2 unspecified atom stereocenters. The fourth-order valence-corrected chi connectivity index (χ4v) is 24.3. The van der Waals surface area contributed by atoms with Gasteiger partial charge in [0.1, 0.15) is 0 Å². The van der Waals surface area contributed by atoms with Crippen molar-refractivity contribution in [1.82, 2.24) is 0 Å². The summed E-state index contributed by atoms with van der Waals surface area (Å²) in [5, 5.41) is 3.00. The zero-order chi connectivity index (χ0) is 29.7. The molecule has 1 heterocycles. The molecule has 0 radical (unpaired) electrons. The minimum absolute atomic E-state index is 0.0836. The molecular weight excluding hydrogens is 659 g/mol. The van der Waals surface area contributed by atoms with Crippen LogP contribution in [0.4, 0.5) is 0 Å². The molecule has 7 rings (SSSR count). The van der Waals surface area contributed by atoms with E-state index in [1.165, 1.54) is 69.3 Å². The third kappa shape index (κ3) is 4.90. The average molecular weight is 695 g/mol. The number of allylic oxidation sites excluding steroid dienone is 1. The molecule has 2 atom stereocenters. The summed E-state index contributed by atoms with van der Waals surface area (Å²) < 4.78 is 1.39. The molecule has 0 bridgehead atoms. The van der Waals surface area contributed by atoms with Gasteiger partial charge in [0.25, 0.3) is 0 Å². The molecule has 2 aliphatic rings. The van der Waals surface area contributed by atoms with Crippen LogP contribution in [0, 0.1) is 5.92 Å². The van der Waals surface area contributed by atoms with E-state index in [0.717, 1.165) is 12.8 Å². The Balaban J connectivity index is 1.44. The molecular formula is C39H36Cl2SiZr. The van der Waals surface area contributed by atoms with Crippen molar-refractivity contribution in [3.63, 3.8) is 0 Å². The summed E-state index contributed by atoms with van der Waals surface area (Å²) in [6.45, 7) is 6.92. The zero-order valence-electron chi connectivity index (χ0n) is 25.0. The van der Waals surface area contributed by atoms with Crippen LogP contribution in [-0.2, 0) is 24.3 Å². The molecule has 0 spiro atoms. The van der Waals surface area contributed by atoms with Crippen molar-refractivity contribution >= 4 is 46.3 Å². The summed E-state index contributed by atoms with van der Waals surface area (Å²) in [6, 6.07) is 40.1. The van der Waals surface area contributed by atoms with Gasteiger partial charge in [-0.1, -0.05) is 0 Å². The minimum atomic E-state index is -4.06. The summed E-state index contributed by atoms with van der Waals surface area (Å²) in [5.74, 6) is 0.402. The van der Waals surface area contributed by atoms with Gasteiger partial charge in [0.15, 0.2) is 0 Å². The fraction of sp³-hybridized carbons (Fsp3) is 0.179. The van der Waals surface area contributed by atoms with E-state index >= 15 is 0 Å². The third-order valence-electron chi connectivity index (χ3n) is 9.74. The van der Waals surface area contributed by atoms with Gasteiger partial charge in [-0.15, -0.1) is 0 Å². The van der Waals surface area contributed by atoms with Crippen LogP contribution in [0.5, 0.6) is 0 Å². The standard InChI is InChI=1S/C27H27.C12H9Si.2ClH.Zr/c1-4-19(3)23-17-22-16-15-20(5-2)27(26(22)18-23)25-14-10-9-13-24(25)21-11-7-6-8-12-21;1-3-7-11-9(5-1)10-6-2-4-8-12(10)13-11;;;/h6-19H,4-5H2,1-3H3;1-7H,13H2;2*1H;/q;;;;+2/p-2. The molecule has 5 aromatic carbocycles. The second-order valence-corrected chi connectivity index (χ2v) is 27.9. The first-order valence-corrected chi connectivity index (χ1v) is 25.9. The van der Waals surface area contributed by atoms with Gasteiger partial charge in [-0.3, -0.25) is 0 Å². The number of benzene rings is 5. The van der Waals surface area contributed by atoms with Crippen LogP contribution in [0.2, 0.25) is 0 Å². The van der Waals surface area contributed by atoms with Gasteiger partial charge in [0, 0.05) is 0 Å². The molecule has 0 saturated carbocycles. The van der Waals surface area contributed by atoms with Gasteiger partial charge >= 0.3 is 272 Å². The molecule has 0 saturated heterocycles. The van der Waals surface area contributed by atoms with Crippen molar-refractivity contribution in [1.29, 1.82) is 0 Å². The molecule has 0 aromatic heterocycles. The molecule has 214 valence electrons. The summed E-state index contributed by atoms with van der Waals surface area (Å²) in [5.41, 5.74) is 13.4. The molecule has 4 heteroatoms. The first kappa shape index (κ1) is 29.2. The topological polar surface area (TPSA) is 0 Å². The number of hydrogen-bond acceptors (Lipinski definition) is 0. The Morgan fingerprint density at radius 3 is 2.14 bits per heavy atom. The van der Waals surface area contributed by atoms with Crippen molar-refractivity contribution in [3.05, 3.63) is 131 Å². The van der Waals surface area contributed by atoms with Crippen LogP contribution in [-0.4, -0.2) is 9.52 Å². The van der Waals surface area contributed by atoms with E-state index in [1.807, 2.05) is 0 Å². The SMILES string of the molecule is CCc1ccc2c(c1-c1ccccc1-c1ccccc1)C=C(C(C)CC)[CH]2[Zr]([Cl])([Cl])[c]1cccc2c1[SiH2]c1ccccc1-2. The van der Waals surface area contributed by atoms with E-state index in [0.29, 0.717) is 5.92 Å². The Morgan fingerprint density at radius 2 is 1.40 bits per heavy atom. The Kier molecular flexibility index (Phi) is 8.02. The third-order valence-corrected chi connectivity index (χ3v) is 24.0. The second kappa shape index (κ2) is 11.8. The fourth-order valence-electron chi connectivity index (χ4n) is 7.39. The van der Waals surface area contributed by atoms with E-state index in [4.69, 9.17) is 17.0 Å². The Labute approximate surface area is 270 Å². The van der Waals surface area contributed by atoms with Crippen LogP contribution in [0.15, 0.2) is 115 Å². The molecule has 0 amide bonds. The van der Waals surface area contributed by atoms with Crippen LogP contribution in [0.25, 0.3) is 39.5 Å². The van der Waals surface area contributed by atoms with E-state index < -0.39 is 27.4 Å². The van der Waals surface area contributed by atoms with Crippen molar-refractivity contribution < 1.29 is 17.9 Å². The Bertz CT molecular complexity index is 1870. The van der Waals surface area contributed by atoms with Crippen molar-refractivity contribution in [2.24, 2.45) is 5.92 Å². The summed E-state index contributed by atoms with van der Waals surface area (Å²) >= 11 is -4.06. The number of aryl methyl sites for hydroxylation is 1. The first-order valence-electron chi connectivity index (χ1n) is 15.5. The molecule has 1 aliphatic heterocycles. The van der Waals surface area contributed by atoms with Crippen molar-refractivity contribution in [2.75, 3.05) is 0 Å². The molecule has 1 aliphatic carbocycles. The first-order chi connectivity index (χ1) is 20.9. The molecule has 0 nitrogen and oxygen atoms in total. The van der Waals surface area contributed by atoms with Gasteiger partial charge in [-0.2, -0.15) is 0 Å². The van der Waals surface area contributed by atoms with Crippen LogP contribution < -0.4 is 13.6 Å². The maximum atomic E-state index is 7.97. The van der Waals surface area contributed by atoms with Crippen molar-refractivity contribution in [2.45, 2.75) is 37.2 Å². The monoisotopic (exact) mass is 692 g/mol. The summed E-state index contributed by atoms with van der Waals surface area (Å²) in [4.78, 5) is 0. The van der Waals surface area contributed by atoms with Crippen LogP contribution >= 0.6 is 17.0 Å². The van der Waals surface area contributed by atoms with E-state index in [9.17, 15) is 0 Å². The average Bonchev–Trinajstić information content (AvgIpc) is 3.63. The van der Waals surface area contributed by atoms with Crippen LogP contribution in [0.3, 0.4) is 0 Å². The number of fused-ring (bicyclic) bond motifs is 4. The molecule has 0 fully saturated rings. The van der Waals surface area contributed by atoms with Gasteiger partial charge in [-0.25, -0.2) is 0 Å². The summed E-state index contributed by atoms with van der Waals surface area (Å²) in [7, 11) is 15.3. The second-order valence-electron chi connectivity index (χ2n) is 12.0. The predicted octanol–water partition coefficient (Wildman–Crippen LogP) is 8.95. The zero-order valence-corrected chi connectivity index (χ0v) is 30.4. The van der Waals surface area contributed by atoms with Gasteiger partial charge in [-0.05, 0) is 0 Å². The van der Waals surface area contributed by atoms with E-state index in [-0.39, 0.29) is 3.63 Å². The van der Waals surface area contributed by atoms with Gasteiger partial charge in [0.2, 0.25) is 0 Å². The molecule has 43 heavy (non-hydrogen) atoms. The van der Waals surface area contributed by atoms with Gasteiger partial charge in [0.05, 0.1) is 0 Å². The van der Waals surface area contributed by atoms with Crippen LogP contribution in [0.1, 0.15) is 47.5 Å². The van der Waals surface area contributed by atoms with Gasteiger partial charge < -0.3 is 0 Å². The molecule has 0 N–H and O–H groups in total. The predicted molar refractivity (Wildman–Crippen MR) is 188 cm³/mol. The van der Waals surface area contributed by atoms with Crippen molar-refractivity contribution in [3.8, 4) is 33.4 Å². The Hall–Kier alpha value is -2.48. The number of rotatable bonds is 7.